The largest absolute Gasteiger partial charge is 0.493 e. The zero-order valence-electron chi connectivity index (χ0n) is 12.2. The van der Waals surface area contributed by atoms with Crippen LogP contribution < -0.4 is 0 Å². The third-order valence-corrected chi connectivity index (χ3v) is 3.53. The summed E-state index contributed by atoms with van der Waals surface area (Å²) in [6.45, 7) is 4.44. The first-order chi connectivity index (χ1) is 10.1. The molecule has 0 aliphatic carbocycles. The van der Waals surface area contributed by atoms with Crippen molar-refractivity contribution in [2.75, 3.05) is 0 Å². The molecular weight excluding hydrogens is 264 g/mol. The van der Waals surface area contributed by atoms with Gasteiger partial charge >= 0.3 is 0 Å². The van der Waals surface area contributed by atoms with Crippen molar-refractivity contribution in [2.45, 2.75) is 26.8 Å². The van der Waals surface area contributed by atoms with Gasteiger partial charge in [0, 0.05) is 6.54 Å². The number of hydrogen-bond acceptors (Lipinski definition) is 3. The van der Waals surface area contributed by atoms with Crippen molar-refractivity contribution in [2.24, 2.45) is 0 Å². The lowest BCUT2D eigenvalue weighted by Gasteiger charge is -2.04. The number of aromatic amines is 1. The minimum Gasteiger partial charge on any atom is -0.493 e. The molecule has 3 rings (SSSR count). The van der Waals surface area contributed by atoms with Gasteiger partial charge in [-0.1, -0.05) is 30.3 Å². The molecule has 5 heteroatoms. The summed E-state index contributed by atoms with van der Waals surface area (Å²) in [7, 11) is 0. The van der Waals surface area contributed by atoms with Crippen LogP contribution in [0.15, 0.2) is 36.4 Å². The van der Waals surface area contributed by atoms with E-state index in [9.17, 15) is 5.11 Å². The Morgan fingerprint density at radius 2 is 1.95 bits per heavy atom. The lowest BCUT2D eigenvalue weighted by atomic mass is 10.1. The number of rotatable bonds is 4. The van der Waals surface area contributed by atoms with Crippen LogP contribution in [0.4, 0.5) is 0 Å². The van der Waals surface area contributed by atoms with Gasteiger partial charge in [-0.2, -0.15) is 10.2 Å². The summed E-state index contributed by atoms with van der Waals surface area (Å²) in [4.78, 5) is 0. The summed E-state index contributed by atoms with van der Waals surface area (Å²) >= 11 is 0. The summed E-state index contributed by atoms with van der Waals surface area (Å²) in [6, 6.07) is 12.1. The van der Waals surface area contributed by atoms with Crippen LogP contribution in [0.25, 0.3) is 11.3 Å². The van der Waals surface area contributed by atoms with Gasteiger partial charge in [0.25, 0.3) is 0 Å². The van der Waals surface area contributed by atoms with E-state index in [0.717, 1.165) is 29.1 Å². The molecule has 0 fully saturated rings. The summed E-state index contributed by atoms with van der Waals surface area (Å²) in [6.07, 6.45) is 0.830. The maximum Gasteiger partial charge on any atom is 0.219 e. The molecule has 0 aliphatic heterocycles. The van der Waals surface area contributed by atoms with Crippen molar-refractivity contribution in [1.29, 1.82) is 0 Å². The first-order valence-corrected chi connectivity index (χ1v) is 6.98. The smallest absolute Gasteiger partial charge is 0.219 e. The molecule has 2 aromatic heterocycles. The van der Waals surface area contributed by atoms with Crippen LogP contribution in [0.2, 0.25) is 0 Å². The minimum absolute atomic E-state index is 0.187. The van der Waals surface area contributed by atoms with E-state index >= 15 is 0 Å². The zero-order chi connectivity index (χ0) is 14.8. The van der Waals surface area contributed by atoms with Gasteiger partial charge in [0.2, 0.25) is 5.88 Å². The number of H-pyrrole nitrogens is 1. The van der Waals surface area contributed by atoms with Crippen LogP contribution in [-0.2, 0) is 13.0 Å². The second-order valence-electron chi connectivity index (χ2n) is 5.17. The molecule has 0 saturated carbocycles. The Balaban J connectivity index is 1.84. The fraction of sp³-hybridized carbons (Fsp3) is 0.250. The number of aromatic nitrogens is 4. The molecular formula is C16H18N4O. The van der Waals surface area contributed by atoms with E-state index in [1.165, 1.54) is 5.56 Å². The molecule has 108 valence electrons. The summed E-state index contributed by atoms with van der Waals surface area (Å²) < 4.78 is 1.65. The van der Waals surface area contributed by atoms with Crippen molar-refractivity contribution in [3.63, 3.8) is 0 Å². The maximum absolute atomic E-state index is 10.4. The molecule has 0 saturated heterocycles. The maximum atomic E-state index is 10.4. The summed E-state index contributed by atoms with van der Waals surface area (Å²) in [5.74, 6) is 0.187. The Labute approximate surface area is 123 Å². The molecule has 0 bridgehead atoms. The molecule has 0 aliphatic rings. The monoisotopic (exact) mass is 282 g/mol. The Morgan fingerprint density at radius 3 is 2.62 bits per heavy atom. The number of aryl methyl sites for hydroxylation is 4. The Kier molecular flexibility index (Phi) is 3.48. The fourth-order valence-corrected chi connectivity index (χ4v) is 2.47. The van der Waals surface area contributed by atoms with Crippen molar-refractivity contribution in [3.8, 4) is 17.1 Å². The molecule has 3 aromatic rings. The highest BCUT2D eigenvalue weighted by Crippen LogP contribution is 2.31. The third kappa shape index (κ3) is 2.67. The van der Waals surface area contributed by atoms with E-state index in [1.54, 1.807) is 4.68 Å². The van der Waals surface area contributed by atoms with Gasteiger partial charge in [0.05, 0.1) is 22.6 Å². The van der Waals surface area contributed by atoms with E-state index in [2.05, 4.69) is 27.4 Å². The van der Waals surface area contributed by atoms with Gasteiger partial charge < -0.3 is 5.11 Å². The first-order valence-electron chi connectivity index (χ1n) is 6.98. The quantitative estimate of drug-likeness (QED) is 0.773. The second kappa shape index (κ2) is 5.44. The van der Waals surface area contributed by atoms with Crippen molar-refractivity contribution in [1.82, 2.24) is 20.0 Å². The second-order valence-corrected chi connectivity index (χ2v) is 5.17. The van der Waals surface area contributed by atoms with Gasteiger partial charge in [-0.05, 0) is 31.9 Å². The minimum atomic E-state index is 0.187. The number of benzene rings is 1. The molecule has 2 N–H and O–H groups in total. The van der Waals surface area contributed by atoms with Gasteiger partial charge in [0.15, 0.2) is 0 Å². The van der Waals surface area contributed by atoms with Gasteiger partial charge in [-0.15, -0.1) is 0 Å². The van der Waals surface area contributed by atoms with Crippen LogP contribution in [0.3, 0.4) is 0 Å². The molecule has 5 nitrogen and oxygen atoms in total. The van der Waals surface area contributed by atoms with Crippen LogP contribution in [0, 0.1) is 13.8 Å². The molecule has 1 aromatic carbocycles. The van der Waals surface area contributed by atoms with Crippen LogP contribution in [0.5, 0.6) is 5.88 Å². The number of nitrogens with one attached hydrogen (secondary N) is 1. The van der Waals surface area contributed by atoms with Gasteiger partial charge in [-0.3, -0.25) is 5.10 Å². The fourth-order valence-electron chi connectivity index (χ4n) is 2.47. The average molecular weight is 282 g/mol. The predicted octanol–water partition coefficient (Wildman–Crippen LogP) is 2.84. The normalized spacial score (nSPS) is 11.0. The average Bonchev–Trinajstić information content (AvgIpc) is 3.01. The third-order valence-electron chi connectivity index (χ3n) is 3.53. The van der Waals surface area contributed by atoms with Crippen molar-refractivity contribution < 1.29 is 5.11 Å². The molecule has 0 atom stereocenters. The highest BCUT2D eigenvalue weighted by molar-refractivity contribution is 5.67. The molecule has 0 radical (unpaired) electrons. The Morgan fingerprint density at radius 1 is 1.19 bits per heavy atom. The summed E-state index contributed by atoms with van der Waals surface area (Å²) in [5, 5.41) is 21.9. The number of hydrogen-bond donors (Lipinski definition) is 2. The van der Waals surface area contributed by atoms with Crippen LogP contribution >= 0.6 is 0 Å². The Bertz CT molecular complexity index is 743. The van der Waals surface area contributed by atoms with E-state index < -0.39 is 0 Å². The topological polar surface area (TPSA) is 66.7 Å². The SMILES string of the molecule is Cc1cc(-c2c(C)nn(CCc3ccccc3)c2O)[nH]n1. The number of nitrogens with zero attached hydrogens (tertiary/aromatic N) is 3. The van der Waals surface area contributed by atoms with Gasteiger partial charge in [0.1, 0.15) is 0 Å². The highest BCUT2D eigenvalue weighted by atomic mass is 16.3. The van der Waals surface area contributed by atoms with Crippen molar-refractivity contribution >= 4 is 0 Å². The highest BCUT2D eigenvalue weighted by Gasteiger charge is 2.17. The van der Waals surface area contributed by atoms with Crippen LogP contribution in [0.1, 0.15) is 17.0 Å². The Hall–Kier alpha value is -2.56. The molecule has 0 unspecified atom stereocenters. The zero-order valence-corrected chi connectivity index (χ0v) is 12.2. The standard InChI is InChI=1S/C16H18N4O/c1-11-10-14(18-17-11)15-12(2)19-20(16(15)21)9-8-13-6-4-3-5-7-13/h3-7,10,21H,8-9H2,1-2H3,(H,17,18). The molecule has 21 heavy (non-hydrogen) atoms. The molecule has 0 amide bonds. The van der Waals surface area contributed by atoms with Gasteiger partial charge in [-0.25, -0.2) is 4.68 Å². The first kappa shape index (κ1) is 13.4. The predicted molar refractivity (Wildman–Crippen MR) is 81.1 cm³/mol. The molecule has 2 heterocycles. The van der Waals surface area contributed by atoms with E-state index in [1.807, 2.05) is 38.1 Å². The lowest BCUT2D eigenvalue weighted by Crippen LogP contribution is -2.02. The summed E-state index contributed by atoms with van der Waals surface area (Å²) in [5.41, 5.74) is 4.44. The van der Waals surface area contributed by atoms with Crippen LogP contribution in [-0.4, -0.2) is 25.1 Å². The lowest BCUT2D eigenvalue weighted by molar-refractivity contribution is 0.400. The number of aromatic hydroxyl groups is 1. The van der Waals surface area contributed by atoms with E-state index in [4.69, 9.17) is 0 Å². The van der Waals surface area contributed by atoms with E-state index in [-0.39, 0.29) is 5.88 Å². The van der Waals surface area contributed by atoms with Crippen molar-refractivity contribution in [3.05, 3.63) is 53.3 Å². The molecule has 0 spiro atoms. The van der Waals surface area contributed by atoms with E-state index in [0.29, 0.717) is 6.54 Å².